The number of benzene rings is 1. The van der Waals surface area contributed by atoms with Crippen molar-refractivity contribution in [3.8, 4) is 0 Å². The summed E-state index contributed by atoms with van der Waals surface area (Å²) in [5, 5.41) is 14.5. The van der Waals surface area contributed by atoms with Gasteiger partial charge in [0.1, 0.15) is 5.00 Å². The Morgan fingerprint density at radius 1 is 1.10 bits per heavy atom. The number of amides is 1. The summed E-state index contributed by atoms with van der Waals surface area (Å²) in [5.41, 5.74) is 1.52. The van der Waals surface area contributed by atoms with E-state index >= 15 is 0 Å². The molecule has 0 spiro atoms. The number of anilines is 1. The van der Waals surface area contributed by atoms with Crippen molar-refractivity contribution >= 4 is 28.2 Å². The Bertz CT molecular complexity index is 691. The number of carbonyl (C=O) groups is 2. The lowest BCUT2D eigenvalue weighted by molar-refractivity contribution is -0.254. The Hall–Kier alpha value is -2.14. The first-order valence-corrected chi connectivity index (χ1v) is 7.70. The van der Waals surface area contributed by atoms with E-state index in [0.717, 1.165) is 36.1 Å². The van der Waals surface area contributed by atoms with Crippen LogP contribution >= 0.6 is 11.3 Å². The van der Waals surface area contributed by atoms with E-state index in [1.807, 2.05) is 6.07 Å². The topological polar surface area (TPSA) is 69.2 Å². The van der Waals surface area contributed by atoms with Crippen LogP contribution in [0.4, 0.5) is 5.00 Å². The van der Waals surface area contributed by atoms with Gasteiger partial charge in [0.2, 0.25) is 0 Å². The fourth-order valence-electron chi connectivity index (χ4n) is 2.63. The van der Waals surface area contributed by atoms with Crippen molar-refractivity contribution in [1.29, 1.82) is 0 Å². The normalized spacial score (nSPS) is 13.5. The first-order valence-electron chi connectivity index (χ1n) is 6.89. The predicted molar refractivity (Wildman–Crippen MR) is 79.7 cm³/mol. The monoisotopic (exact) mass is 300 g/mol. The first-order chi connectivity index (χ1) is 10.2. The smallest absolute Gasteiger partial charge is 0.256 e. The molecule has 0 bridgehead atoms. The molecule has 3 rings (SSSR count). The zero-order valence-corrected chi connectivity index (χ0v) is 12.2. The number of carboxylic acids is 1. The molecule has 1 aliphatic rings. The minimum absolute atomic E-state index is 0.166. The number of hydrogen-bond acceptors (Lipinski definition) is 4. The predicted octanol–water partition coefficient (Wildman–Crippen LogP) is 2.24. The Morgan fingerprint density at radius 2 is 1.81 bits per heavy atom. The number of aromatic carboxylic acids is 1. The van der Waals surface area contributed by atoms with Gasteiger partial charge in [0.15, 0.2) is 0 Å². The summed E-state index contributed by atoms with van der Waals surface area (Å²) in [4.78, 5) is 24.7. The van der Waals surface area contributed by atoms with Gasteiger partial charge in [0.25, 0.3) is 5.91 Å². The summed E-state index contributed by atoms with van der Waals surface area (Å²) in [6.45, 7) is 0. The van der Waals surface area contributed by atoms with E-state index in [4.69, 9.17) is 0 Å². The highest BCUT2D eigenvalue weighted by Gasteiger charge is 2.22. The largest absolute Gasteiger partial charge is 0.545 e. The number of aryl methyl sites for hydroxylation is 1. The summed E-state index contributed by atoms with van der Waals surface area (Å²) < 4.78 is 0. The van der Waals surface area contributed by atoms with E-state index < -0.39 is 5.97 Å². The number of fused-ring (bicyclic) bond motifs is 1. The molecule has 108 valence electrons. The van der Waals surface area contributed by atoms with Gasteiger partial charge in [-0.3, -0.25) is 4.79 Å². The molecule has 0 unspecified atom stereocenters. The maximum Gasteiger partial charge on any atom is 0.256 e. The molecule has 0 aliphatic heterocycles. The minimum Gasteiger partial charge on any atom is -0.545 e. The molecule has 21 heavy (non-hydrogen) atoms. The van der Waals surface area contributed by atoms with Gasteiger partial charge in [-0.2, -0.15) is 0 Å². The van der Waals surface area contributed by atoms with Crippen molar-refractivity contribution < 1.29 is 14.7 Å². The Kier molecular flexibility index (Phi) is 3.75. The van der Waals surface area contributed by atoms with Crippen molar-refractivity contribution in [1.82, 2.24) is 0 Å². The van der Waals surface area contributed by atoms with E-state index in [2.05, 4.69) is 5.32 Å². The molecule has 1 amide bonds. The van der Waals surface area contributed by atoms with Crippen molar-refractivity contribution in [2.75, 3.05) is 5.32 Å². The Balaban J connectivity index is 1.94. The fourth-order valence-corrected chi connectivity index (χ4v) is 3.91. The number of nitrogens with one attached hydrogen (secondary N) is 1. The second-order valence-electron chi connectivity index (χ2n) is 5.02. The van der Waals surface area contributed by atoms with Gasteiger partial charge >= 0.3 is 0 Å². The van der Waals surface area contributed by atoms with Crippen LogP contribution in [0.1, 0.15) is 44.0 Å². The zero-order chi connectivity index (χ0) is 14.8. The lowest BCUT2D eigenvalue weighted by Gasteiger charge is -2.13. The minimum atomic E-state index is -1.21. The van der Waals surface area contributed by atoms with Crippen LogP contribution in [0.2, 0.25) is 0 Å². The molecule has 1 aromatic carbocycles. The lowest BCUT2D eigenvalue weighted by atomic mass is 9.95. The first kappa shape index (κ1) is 13.8. The highest BCUT2D eigenvalue weighted by Crippen LogP contribution is 2.37. The average Bonchev–Trinajstić information content (AvgIpc) is 2.86. The third kappa shape index (κ3) is 2.69. The molecule has 0 saturated carbocycles. The van der Waals surface area contributed by atoms with E-state index in [1.54, 1.807) is 24.3 Å². The Labute approximate surface area is 126 Å². The van der Waals surface area contributed by atoms with Crippen LogP contribution in [0.3, 0.4) is 0 Å². The molecule has 4 nitrogen and oxygen atoms in total. The molecule has 0 fully saturated rings. The van der Waals surface area contributed by atoms with Crippen LogP contribution in [0, 0.1) is 0 Å². The number of carbonyl (C=O) groups excluding carboxylic acids is 2. The van der Waals surface area contributed by atoms with Crippen molar-refractivity contribution in [2.45, 2.75) is 25.7 Å². The number of hydrogen-bond donors (Lipinski definition) is 1. The van der Waals surface area contributed by atoms with E-state index in [-0.39, 0.29) is 11.5 Å². The molecule has 0 saturated heterocycles. The number of rotatable bonds is 3. The second-order valence-corrected chi connectivity index (χ2v) is 6.13. The van der Waals surface area contributed by atoms with Gasteiger partial charge in [-0.15, -0.1) is 11.3 Å². The Morgan fingerprint density at radius 3 is 2.52 bits per heavy atom. The van der Waals surface area contributed by atoms with Gasteiger partial charge in [-0.25, -0.2) is 0 Å². The summed E-state index contributed by atoms with van der Waals surface area (Å²) in [6, 6.07) is 8.76. The molecular weight excluding hydrogens is 286 g/mol. The fraction of sp³-hybridized carbons (Fsp3) is 0.250. The van der Waals surface area contributed by atoms with Crippen molar-refractivity contribution in [3.63, 3.8) is 0 Å². The third-order valence-electron chi connectivity index (χ3n) is 3.64. The van der Waals surface area contributed by atoms with Crippen LogP contribution in [0.25, 0.3) is 0 Å². The van der Waals surface area contributed by atoms with Crippen molar-refractivity contribution in [3.05, 3.63) is 51.9 Å². The summed E-state index contributed by atoms with van der Waals surface area (Å²) in [5.74, 6) is -1.51. The maximum absolute atomic E-state index is 12.2. The molecular formula is C16H14NO3S-. The quantitative estimate of drug-likeness (QED) is 0.945. The van der Waals surface area contributed by atoms with Gasteiger partial charge in [0.05, 0.1) is 5.97 Å². The average molecular weight is 300 g/mol. The molecule has 1 aliphatic carbocycles. The molecule has 1 aromatic heterocycles. The molecule has 5 heteroatoms. The standard InChI is InChI=1S/C16H15NO3S/c18-14(10-6-2-1-3-7-10)17-15-13(16(19)20)11-8-4-5-9-12(11)21-15/h1-3,6-7H,4-5,8-9H2,(H,17,18)(H,19,20)/p-1. The molecule has 1 N–H and O–H groups in total. The number of carboxylic acid groups (broad SMARTS) is 1. The van der Waals surface area contributed by atoms with Gasteiger partial charge < -0.3 is 15.2 Å². The molecule has 1 heterocycles. The van der Waals surface area contributed by atoms with Crippen LogP contribution < -0.4 is 10.4 Å². The van der Waals surface area contributed by atoms with Crippen molar-refractivity contribution in [2.24, 2.45) is 0 Å². The highest BCUT2D eigenvalue weighted by atomic mass is 32.1. The van der Waals surface area contributed by atoms with E-state index in [0.29, 0.717) is 10.6 Å². The molecule has 0 radical (unpaired) electrons. The lowest BCUT2D eigenvalue weighted by Crippen LogP contribution is -2.25. The molecule has 2 aromatic rings. The SMILES string of the molecule is O=C(Nc1sc2c(c1C(=O)[O-])CCCC2)c1ccccc1. The van der Waals surface area contributed by atoms with Crippen LogP contribution in [-0.2, 0) is 12.8 Å². The van der Waals surface area contributed by atoms with E-state index in [9.17, 15) is 14.7 Å². The second kappa shape index (κ2) is 5.69. The van der Waals surface area contributed by atoms with Crippen LogP contribution in [0.15, 0.2) is 30.3 Å². The van der Waals surface area contributed by atoms with Crippen LogP contribution in [-0.4, -0.2) is 11.9 Å². The molecule has 0 atom stereocenters. The maximum atomic E-state index is 12.2. The van der Waals surface area contributed by atoms with Gasteiger partial charge in [-0.05, 0) is 43.4 Å². The highest BCUT2D eigenvalue weighted by molar-refractivity contribution is 7.17. The van der Waals surface area contributed by atoms with Gasteiger partial charge in [0, 0.05) is 16.0 Å². The number of thiophene rings is 1. The third-order valence-corrected chi connectivity index (χ3v) is 4.85. The zero-order valence-electron chi connectivity index (χ0n) is 11.3. The van der Waals surface area contributed by atoms with Crippen LogP contribution in [0.5, 0.6) is 0 Å². The summed E-state index contributed by atoms with van der Waals surface area (Å²) in [7, 11) is 0. The van der Waals surface area contributed by atoms with Gasteiger partial charge in [-0.1, -0.05) is 18.2 Å². The summed E-state index contributed by atoms with van der Waals surface area (Å²) >= 11 is 1.36. The summed E-state index contributed by atoms with van der Waals surface area (Å²) in [6.07, 6.45) is 3.67. The van der Waals surface area contributed by atoms with E-state index in [1.165, 1.54) is 11.3 Å².